The molecule has 2 N–H and O–H groups in total. The summed E-state index contributed by atoms with van der Waals surface area (Å²) in [6.45, 7) is 8.35. The molecule has 1 aromatic carbocycles. The fraction of sp³-hybridized carbons (Fsp3) is 0.333. The van der Waals surface area contributed by atoms with Gasteiger partial charge in [0.05, 0.1) is 0 Å². The van der Waals surface area contributed by atoms with Crippen molar-refractivity contribution < 1.29 is 4.79 Å². The Balaban J connectivity index is 2.08. The van der Waals surface area contributed by atoms with Crippen LogP contribution >= 0.6 is 0 Å². The molecule has 0 saturated heterocycles. The van der Waals surface area contributed by atoms with Crippen molar-refractivity contribution in [3.05, 3.63) is 53.7 Å². The number of rotatable bonds is 5. The normalized spacial score (nSPS) is 10.8. The maximum atomic E-state index is 12.3. The van der Waals surface area contributed by atoms with Gasteiger partial charge in [-0.15, -0.1) is 0 Å². The molecule has 0 aliphatic rings. The first-order valence-corrected chi connectivity index (χ1v) is 7.60. The average molecular weight is 297 g/mol. The van der Waals surface area contributed by atoms with E-state index in [0.717, 1.165) is 5.69 Å². The highest BCUT2D eigenvalue weighted by atomic mass is 16.1. The standard InChI is InChI=1S/C18H23N3O/c1-12(2)14-8-10-15(11-9-14)20-18(22)16-6-5-7-17(21-16)19-13(3)4/h5-13H,1-4H3,(H,19,21)(H,20,22). The molecule has 0 bridgehead atoms. The molecule has 0 atom stereocenters. The number of carbonyl (C=O) groups is 1. The van der Waals surface area contributed by atoms with Crippen LogP contribution in [0.25, 0.3) is 0 Å². The van der Waals surface area contributed by atoms with Crippen molar-refractivity contribution in [3.63, 3.8) is 0 Å². The Labute approximate surface area is 132 Å². The van der Waals surface area contributed by atoms with Gasteiger partial charge in [-0.25, -0.2) is 4.98 Å². The Morgan fingerprint density at radius 2 is 1.68 bits per heavy atom. The van der Waals surface area contributed by atoms with E-state index in [1.54, 1.807) is 6.07 Å². The summed E-state index contributed by atoms with van der Waals surface area (Å²) >= 11 is 0. The molecule has 0 spiro atoms. The monoisotopic (exact) mass is 297 g/mol. The maximum absolute atomic E-state index is 12.3. The van der Waals surface area contributed by atoms with Gasteiger partial charge in [0.15, 0.2) is 0 Å². The van der Waals surface area contributed by atoms with Crippen LogP contribution in [0.5, 0.6) is 0 Å². The lowest BCUT2D eigenvalue weighted by atomic mass is 10.0. The first-order chi connectivity index (χ1) is 10.5. The van der Waals surface area contributed by atoms with Gasteiger partial charge in [-0.3, -0.25) is 4.79 Å². The van der Waals surface area contributed by atoms with Crippen molar-refractivity contribution in [1.82, 2.24) is 4.98 Å². The van der Waals surface area contributed by atoms with E-state index in [-0.39, 0.29) is 11.9 Å². The summed E-state index contributed by atoms with van der Waals surface area (Å²) < 4.78 is 0. The minimum atomic E-state index is -0.204. The fourth-order valence-corrected chi connectivity index (χ4v) is 2.08. The summed E-state index contributed by atoms with van der Waals surface area (Å²) in [5.41, 5.74) is 2.43. The van der Waals surface area contributed by atoms with Gasteiger partial charge >= 0.3 is 0 Å². The fourth-order valence-electron chi connectivity index (χ4n) is 2.08. The molecular weight excluding hydrogens is 274 g/mol. The highest BCUT2D eigenvalue weighted by Crippen LogP contribution is 2.17. The van der Waals surface area contributed by atoms with E-state index in [4.69, 9.17) is 0 Å². The number of amides is 1. The van der Waals surface area contributed by atoms with Crippen molar-refractivity contribution in [3.8, 4) is 0 Å². The van der Waals surface area contributed by atoms with Crippen LogP contribution in [-0.2, 0) is 0 Å². The highest BCUT2D eigenvalue weighted by Gasteiger charge is 2.09. The van der Waals surface area contributed by atoms with E-state index < -0.39 is 0 Å². The van der Waals surface area contributed by atoms with E-state index in [1.807, 2.05) is 50.2 Å². The molecule has 2 rings (SSSR count). The summed E-state index contributed by atoms with van der Waals surface area (Å²) in [6.07, 6.45) is 0. The molecule has 0 radical (unpaired) electrons. The van der Waals surface area contributed by atoms with Gasteiger partial charge in [0.1, 0.15) is 11.5 Å². The van der Waals surface area contributed by atoms with Crippen molar-refractivity contribution in [2.75, 3.05) is 10.6 Å². The van der Waals surface area contributed by atoms with E-state index >= 15 is 0 Å². The molecule has 1 aromatic heterocycles. The zero-order chi connectivity index (χ0) is 16.1. The highest BCUT2D eigenvalue weighted by molar-refractivity contribution is 6.03. The summed E-state index contributed by atoms with van der Waals surface area (Å²) in [4.78, 5) is 16.6. The van der Waals surface area contributed by atoms with Crippen LogP contribution in [0.15, 0.2) is 42.5 Å². The molecule has 116 valence electrons. The lowest BCUT2D eigenvalue weighted by Crippen LogP contribution is -2.16. The average Bonchev–Trinajstić information content (AvgIpc) is 2.47. The number of carbonyl (C=O) groups excluding carboxylic acids is 1. The molecule has 0 fully saturated rings. The number of aromatic nitrogens is 1. The van der Waals surface area contributed by atoms with E-state index in [1.165, 1.54) is 5.56 Å². The minimum absolute atomic E-state index is 0.204. The number of hydrogen-bond donors (Lipinski definition) is 2. The smallest absolute Gasteiger partial charge is 0.274 e. The quantitative estimate of drug-likeness (QED) is 0.866. The summed E-state index contributed by atoms with van der Waals surface area (Å²) in [5.74, 6) is 0.979. The van der Waals surface area contributed by atoms with Crippen LogP contribution in [0.4, 0.5) is 11.5 Å². The van der Waals surface area contributed by atoms with Gasteiger partial charge in [0, 0.05) is 11.7 Å². The van der Waals surface area contributed by atoms with Crippen LogP contribution in [0.1, 0.15) is 49.7 Å². The molecule has 1 amide bonds. The number of benzene rings is 1. The molecular formula is C18H23N3O. The maximum Gasteiger partial charge on any atom is 0.274 e. The second-order valence-corrected chi connectivity index (χ2v) is 5.94. The van der Waals surface area contributed by atoms with Crippen LogP contribution in [0, 0.1) is 0 Å². The van der Waals surface area contributed by atoms with E-state index in [9.17, 15) is 4.79 Å². The van der Waals surface area contributed by atoms with Crippen LogP contribution < -0.4 is 10.6 Å². The predicted molar refractivity (Wildman–Crippen MR) is 91.5 cm³/mol. The molecule has 22 heavy (non-hydrogen) atoms. The number of nitrogens with zero attached hydrogens (tertiary/aromatic N) is 1. The lowest BCUT2D eigenvalue weighted by Gasteiger charge is -2.11. The molecule has 0 aliphatic heterocycles. The molecule has 4 heteroatoms. The summed E-state index contributed by atoms with van der Waals surface area (Å²) in [7, 11) is 0. The van der Waals surface area contributed by atoms with Gasteiger partial charge in [0.2, 0.25) is 0 Å². The summed E-state index contributed by atoms with van der Waals surface area (Å²) in [5, 5.41) is 6.07. The third-order valence-corrected chi connectivity index (χ3v) is 3.25. The predicted octanol–water partition coefficient (Wildman–Crippen LogP) is 4.28. The van der Waals surface area contributed by atoms with E-state index in [2.05, 4.69) is 29.5 Å². The van der Waals surface area contributed by atoms with Gasteiger partial charge in [-0.05, 0) is 49.6 Å². The van der Waals surface area contributed by atoms with Crippen molar-refractivity contribution in [2.24, 2.45) is 0 Å². The largest absolute Gasteiger partial charge is 0.368 e. The number of pyridine rings is 1. The van der Waals surface area contributed by atoms with Gasteiger partial charge in [-0.2, -0.15) is 0 Å². The first kappa shape index (κ1) is 16.0. The number of anilines is 2. The Morgan fingerprint density at radius 3 is 2.27 bits per heavy atom. The van der Waals surface area contributed by atoms with E-state index in [0.29, 0.717) is 17.4 Å². The second-order valence-electron chi connectivity index (χ2n) is 5.94. The number of hydrogen-bond acceptors (Lipinski definition) is 3. The van der Waals surface area contributed by atoms with Crippen molar-refractivity contribution >= 4 is 17.4 Å². The molecule has 0 aliphatic carbocycles. The van der Waals surface area contributed by atoms with Gasteiger partial charge in [-0.1, -0.05) is 32.0 Å². The molecule has 0 saturated carbocycles. The Kier molecular flexibility index (Phi) is 5.15. The third kappa shape index (κ3) is 4.32. The van der Waals surface area contributed by atoms with Crippen LogP contribution in [-0.4, -0.2) is 16.9 Å². The second kappa shape index (κ2) is 7.07. The van der Waals surface area contributed by atoms with Crippen molar-refractivity contribution in [1.29, 1.82) is 0 Å². The first-order valence-electron chi connectivity index (χ1n) is 7.60. The molecule has 0 unspecified atom stereocenters. The summed E-state index contributed by atoms with van der Waals surface area (Å²) in [6, 6.07) is 13.6. The Bertz CT molecular complexity index is 633. The van der Waals surface area contributed by atoms with Crippen molar-refractivity contribution in [2.45, 2.75) is 39.7 Å². The topological polar surface area (TPSA) is 54.0 Å². The SMILES string of the molecule is CC(C)Nc1cccc(C(=O)Nc2ccc(C(C)C)cc2)n1. The zero-order valence-corrected chi connectivity index (χ0v) is 13.6. The molecule has 2 aromatic rings. The Morgan fingerprint density at radius 1 is 1.00 bits per heavy atom. The molecule has 4 nitrogen and oxygen atoms in total. The molecule has 1 heterocycles. The third-order valence-electron chi connectivity index (χ3n) is 3.25. The van der Waals surface area contributed by atoms with Crippen LogP contribution in [0.3, 0.4) is 0 Å². The minimum Gasteiger partial charge on any atom is -0.368 e. The van der Waals surface area contributed by atoms with Gasteiger partial charge < -0.3 is 10.6 Å². The van der Waals surface area contributed by atoms with Crippen LogP contribution in [0.2, 0.25) is 0 Å². The van der Waals surface area contributed by atoms with Gasteiger partial charge in [0.25, 0.3) is 5.91 Å². The lowest BCUT2D eigenvalue weighted by molar-refractivity contribution is 0.102. The number of nitrogens with one attached hydrogen (secondary N) is 2. The Hall–Kier alpha value is -2.36. The zero-order valence-electron chi connectivity index (χ0n) is 13.6.